The van der Waals surface area contributed by atoms with E-state index in [-0.39, 0.29) is 17.3 Å². The number of hydrogen-bond acceptors (Lipinski definition) is 3. The summed E-state index contributed by atoms with van der Waals surface area (Å²) >= 11 is 0. The predicted octanol–water partition coefficient (Wildman–Crippen LogP) is 2.65. The normalized spacial score (nSPS) is 20.8. The van der Waals surface area contributed by atoms with Crippen LogP contribution in [0.15, 0.2) is 24.3 Å². The molecule has 19 heavy (non-hydrogen) atoms. The third-order valence-electron chi connectivity index (χ3n) is 3.98. The average molecular weight is 261 g/mol. The molecular formula is C14H15NO4. The van der Waals surface area contributed by atoms with Gasteiger partial charge in [-0.25, -0.2) is 9.59 Å². The van der Waals surface area contributed by atoms with E-state index in [0.29, 0.717) is 12.2 Å². The summed E-state index contributed by atoms with van der Waals surface area (Å²) in [6.07, 6.45) is 3.45. The third kappa shape index (κ3) is 2.05. The molecule has 1 aromatic rings. The molecule has 1 aliphatic heterocycles. The summed E-state index contributed by atoms with van der Waals surface area (Å²) in [5.41, 5.74) is 0.520. The van der Waals surface area contributed by atoms with Crippen LogP contribution in [0, 0.1) is 0 Å². The molecular weight excluding hydrogens is 246 g/mol. The van der Waals surface area contributed by atoms with Crippen LogP contribution in [0.25, 0.3) is 0 Å². The van der Waals surface area contributed by atoms with Crippen molar-refractivity contribution >= 4 is 17.7 Å². The van der Waals surface area contributed by atoms with E-state index < -0.39 is 5.97 Å². The lowest BCUT2D eigenvalue weighted by Crippen LogP contribution is -2.53. The van der Waals surface area contributed by atoms with Crippen molar-refractivity contribution in [3.8, 4) is 0 Å². The van der Waals surface area contributed by atoms with Crippen molar-refractivity contribution < 1.29 is 19.4 Å². The van der Waals surface area contributed by atoms with Gasteiger partial charge >= 0.3 is 12.1 Å². The van der Waals surface area contributed by atoms with Crippen LogP contribution >= 0.6 is 0 Å². The van der Waals surface area contributed by atoms with Gasteiger partial charge in [0.2, 0.25) is 0 Å². The summed E-state index contributed by atoms with van der Waals surface area (Å²) in [6, 6.07) is 6.38. The Hall–Kier alpha value is -2.04. The van der Waals surface area contributed by atoms with Crippen molar-refractivity contribution in [1.82, 2.24) is 0 Å². The zero-order valence-electron chi connectivity index (χ0n) is 10.5. The van der Waals surface area contributed by atoms with Crippen LogP contribution in [0.4, 0.5) is 10.5 Å². The van der Waals surface area contributed by atoms with E-state index in [4.69, 9.17) is 9.84 Å². The molecule has 0 unspecified atom stereocenters. The number of carbonyl (C=O) groups is 2. The fourth-order valence-corrected chi connectivity index (χ4v) is 2.66. The third-order valence-corrected chi connectivity index (χ3v) is 3.98. The molecule has 1 heterocycles. The highest BCUT2D eigenvalue weighted by Crippen LogP contribution is 2.42. The lowest BCUT2D eigenvalue weighted by atomic mass is 9.77. The Morgan fingerprint density at radius 1 is 1.32 bits per heavy atom. The molecule has 1 saturated heterocycles. The van der Waals surface area contributed by atoms with Crippen LogP contribution in [-0.4, -0.2) is 29.3 Å². The van der Waals surface area contributed by atoms with Gasteiger partial charge in [-0.05, 0) is 37.5 Å². The monoisotopic (exact) mass is 261 g/mol. The van der Waals surface area contributed by atoms with Crippen molar-refractivity contribution in [2.45, 2.75) is 31.3 Å². The topological polar surface area (TPSA) is 66.8 Å². The van der Waals surface area contributed by atoms with Gasteiger partial charge in [-0.3, -0.25) is 4.90 Å². The molecule has 5 nitrogen and oxygen atoms in total. The van der Waals surface area contributed by atoms with Gasteiger partial charge in [-0.15, -0.1) is 0 Å². The van der Waals surface area contributed by atoms with Crippen molar-refractivity contribution in [3.05, 3.63) is 29.8 Å². The summed E-state index contributed by atoms with van der Waals surface area (Å²) in [5.74, 6) is -0.998. The van der Waals surface area contributed by atoms with Crippen LogP contribution in [0.5, 0.6) is 0 Å². The van der Waals surface area contributed by atoms with Crippen molar-refractivity contribution in [1.29, 1.82) is 0 Å². The van der Waals surface area contributed by atoms with Gasteiger partial charge in [0.25, 0.3) is 0 Å². The molecule has 1 aliphatic carbocycles. The number of carboxylic acids is 1. The number of anilines is 1. The summed E-state index contributed by atoms with van der Waals surface area (Å²) < 4.78 is 5.52. The van der Waals surface area contributed by atoms with E-state index in [0.717, 1.165) is 25.7 Å². The molecule has 0 aromatic heterocycles. The van der Waals surface area contributed by atoms with E-state index in [1.165, 1.54) is 17.0 Å². The molecule has 5 heteroatoms. The van der Waals surface area contributed by atoms with Gasteiger partial charge in [-0.1, -0.05) is 6.07 Å². The Morgan fingerprint density at radius 2 is 2.11 bits per heavy atom. The number of nitrogens with zero attached hydrogens (tertiary/aromatic N) is 1. The summed E-state index contributed by atoms with van der Waals surface area (Å²) in [4.78, 5) is 24.5. The largest absolute Gasteiger partial charge is 0.478 e. The number of ether oxygens (including phenoxy) is 1. The van der Waals surface area contributed by atoms with Crippen LogP contribution in [0.1, 0.15) is 36.0 Å². The molecule has 1 spiro atoms. The predicted molar refractivity (Wildman–Crippen MR) is 68.4 cm³/mol. The van der Waals surface area contributed by atoms with Crippen molar-refractivity contribution in [2.24, 2.45) is 0 Å². The maximum atomic E-state index is 12.0. The lowest BCUT2D eigenvalue weighted by Gasteiger charge is -2.46. The standard InChI is InChI=1S/C14H15NO4/c16-12(17)10-3-1-4-11(9-10)15-8-7-14(5-2-6-14)19-13(15)18/h1,3-4,9H,2,5-8H2,(H,16,17). The van der Waals surface area contributed by atoms with E-state index in [1.807, 2.05) is 0 Å². The van der Waals surface area contributed by atoms with Gasteiger partial charge in [0.15, 0.2) is 0 Å². The Balaban J connectivity index is 1.81. The number of rotatable bonds is 2. The van der Waals surface area contributed by atoms with E-state index in [2.05, 4.69) is 0 Å². The second-order valence-electron chi connectivity index (χ2n) is 5.16. The molecule has 3 rings (SSSR count). The number of amides is 1. The minimum atomic E-state index is -0.998. The number of carbonyl (C=O) groups excluding carboxylic acids is 1. The molecule has 0 bridgehead atoms. The Morgan fingerprint density at radius 3 is 2.68 bits per heavy atom. The molecule has 1 aromatic carbocycles. The smallest absolute Gasteiger partial charge is 0.414 e. The van der Waals surface area contributed by atoms with Gasteiger partial charge < -0.3 is 9.84 Å². The molecule has 1 N–H and O–H groups in total. The molecule has 2 aliphatic rings. The summed E-state index contributed by atoms with van der Waals surface area (Å²) in [7, 11) is 0. The van der Waals surface area contributed by atoms with Crippen LogP contribution < -0.4 is 4.90 Å². The fourth-order valence-electron chi connectivity index (χ4n) is 2.66. The van der Waals surface area contributed by atoms with Gasteiger partial charge in [-0.2, -0.15) is 0 Å². The van der Waals surface area contributed by atoms with E-state index in [1.54, 1.807) is 12.1 Å². The van der Waals surface area contributed by atoms with Crippen molar-refractivity contribution in [3.63, 3.8) is 0 Å². The lowest BCUT2D eigenvalue weighted by molar-refractivity contribution is -0.0610. The number of hydrogen-bond donors (Lipinski definition) is 1. The van der Waals surface area contributed by atoms with Gasteiger partial charge in [0, 0.05) is 18.7 Å². The second kappa shape index (κ2) is 4.26. The zero-order valence-corrected chi connectivity index (χ0v) is 10.5. The van der Waals surface area contributed by atoms with Gasteiger partial charge in [0.1, 0.15) is 5.60 Å². The quantitative estimate of drug-likeness (QED) is 0.888. The Kier molecular flexibility index (Phi) is 2.69. The fraction of sp³-hybridized carbons (Fsp3) is 0.429. The van der Waals surface area contributed by atoms with Crippen molar-refractivity contribution in [2.75, 3.05) is 11.4 Å². The van der Waals surface area contributed by atoms with E-state index in [9.17, 15) is 9.59 Å². The second-order valence-corrected chi connectivity index (χ2v) is 5.16. The SMILES string of the molecule is O=C(O)c1cccc(N2CCC3(CCC3)OC2=O)c1. The molecule has 100 valence electrons. The minimum Gasteiger partial charge on any atom is -0.478 e. The first-order valence-electron chi connectivity index (χ1n) is 6.44. The summed E-state index contributed by atoms with van der Waals surface area (Å²) in [6.45, 7) is 0.585. The molecule has 2 fully saturated rings. The van der Waals surface area contributed by atoms with Crippen LogP contribution in [0.3, 0.4) is 0 Å². The highest BCUT2D eigenvalue weighted by atomic mass is 16.6. The highest BCUT2D eigenvalue weighted by molar-refractivity contribution is 5.93. The maximum absolute atomic E-state index is 12.0. The number of aromatic carboxylic acids is 1. The summed E-state index contributed by atoms with van der Waals surface area (Å²) in [5, 5.41) is 8.97. The molecule has 0 radical (unpaired) electrons. The first-order valence-corrected chi connectivity index (χ1v) is 6.44. The Bertz CT molecular complexity index is 536. The zero-order chi connectivity index (χ0) is 13.5. The molecule has 1 saturated carbocycles. The first-order chi connectivity index (χ1) is 9.10. The minimum absolute atomic E-state index is 0.175. The number of benzene rings is 1. The molecule has 0 atom stereocenters. The van der Waals surface area contributed by atoms with E-state index >= 15 is 0 Å². The average Bonchev–Trinajstić information content (AvgIpc) is 2.37. The Labute approximate surface area is 110 Å². The van der Waals surface area contributed by atoms with Gasteiger partial charge in [0.05, 0.1) is 5.56 Å². The van der Waals surface area contributed by atoms with Crippen LogP contribution in [-0.2, 0) is 4.74 Å². The molecule has 1 amide bonds. The highest BCUT2D eigenvalue weighted by Gasteiger charge is 2.45. The van der Waals surface area contributed by atoms with Crippen LogP contribution in [0.2, 0.25) is 0 Å². The first kappa shape index (κ1) is 12.0. The maximum Gasteiger partial charge on any atom is 0.414 e. The number of carboxylic acid groups (broad SMARTS) is 1.